The molecule has 1 fully saturated rings. The summed E-state index contributed by atoms with van der Waals surface area (Å²) < 4.78 is 0. The van der Waals surface area contributed by atoms with Gasteiger partial charge in [0.15, 0.2) is 0 Å². The maximum absolute atomic E-state index is 12.3. The Morgan fingerprint density at radius 2 is 2.03 bits per heavy atom. The van der Waals surface area contributed by atoms with E-state index in [1.54, 1.807) is 11.8 Å². The predicted octanol–water partition coefficient (Wildman–Crippen LogP) is 4.88. The highest BCUT2D eigenvalue weighted by Crippen LogP contribution is 2.25. The quantitative estimate of drug-likeness (QED) is 0.247. The molecule has 3 N–H and O–H groups in total. The number of carboxylic acid groups (broad SMARTS) is 1. The first-order chi connectivity index (χ1) is 17.0. The SMILES string of the molecule is O=C(O)CCCSCCN1C(=O)CC[C@@H]1/C=C/[C@@H](O)Cc1cccc(-c2ccc3[nH]ccc3c2)c1. The third-order valence-electron chi connectivity index (χ3n) is 6.34. The van der Waals surface area contributed by atoms with E-state index >= 15 is 0 Å². The number of aromatic nitrogens is 1. The van der Waals surface area contributed by atoms with E-state index in [0.717, 1.165) is 40.1 Å². The van der Waals surface area contributed by atoms with Gasteiger partial charge in [0.1, 0.15) is 0 Å². The van der Waals surface area contributed by atoms with E-state index in [4.69, 9.17) is 5.11 Å². The van der Waals surface area contributed by atoms with Crippen molar-refractivity contribution in [3.63, 3.8) is 0 Å². The Hall–Kier alpha value is -3.03. The highest BCUT2D eigenvalue weighted by Gasteiger charge is 2.28. The van der Waals surface area contributed by atoms with Gasteiger partial charge in [-0.25, -0.2) is 0 Å². The molecule has 2 heterocycles. The van der Waals surface area contributed by atoms with Crippen LogP contribution < -0.4 is 0 Å². The number of hydrogen-bond donors (Lipinski definition) is 3. The second-order valence-corrected chi connectivity index (χ2v) is 10.2. The maximum atomic E-state index is 12.3. The normalized spacial score (nSPS) is 17.0. The molecule has 1 saturated heterocycles. The largest absolute Gasteiger partial charge is 0.481 e. The third-order valence-corrected chi connectivity index (χ3v) is 7.39. The number of aromatic amines is 1. The van der Waals surface area contributed by atoms with E-state index in [9.17, 15) is 14.7 Å². The molecule has 4 rings (SSSR count). The molecular formula is C28H32N2O4S. The van der Waals surface area contributed by atoms with Gasteiger partial charge >= 0.3 is 5.97 Å². The Bertz CT molecular complexity index is 1190. The van der Waals surface area contributed by atoms with Crippen LogP contribution in [-0.4, -0.2) is 62.2 Å². The lowest BCUT2D eigenvalue weighted by molar-refractivity contribution is -0.137. The van der Waals surface area contributed by atoms with Crippen LogP contribution >= 0.6 is 11.8 Å². The van der Waals surface area contributed by atoms with Gasteiger partial charge in [0, 0.05) is 43.3 Å². The number of carboxylic acids is 1. The summed E-state index contributed by atoms with van der Waals surface area (Å²) in [5, 5.41) is 20.5. The average molecular weight is 493 g/mol. The number of aliphatic hydroxyl groups excluding tert-OH is 1. The number of amides is 1. The van der Waals surface area contributed by atoms with Crippen LogP contribution in [0.3, 0.4) is 0 Å². The predicted molar refractivity (Wildman–Crippen MR) is 142 cm³/mol. The molecule has 35 heavy (non-hydrogen) atoms. The number of likely N-dealkylation sites (tertiary alicyclic amines) is 1. The number of carbonyl (C=O) groups is 2. The average Bonchev–Trinajstić information content (AvgIpc) is 3.45. The van der Waals surface area contributed by atoms with Gasteiger partial charge in [-0.05, 0) is 58.9 Å². The van der Waals surface area contributed by atoms with E-state index in [0.29, 0.717) is 25.8 Å². The number of H-pyrrole nitrogens is 1. The van der Waals surface area contributed by atoms with Gasteiger partial charge in [0.05, 0.1) is 12.1 Å². The zero-order valence-electron chi connectivity index (χ0n) is 19.7. The molecule has 0 aliphatic carbocycles. The van der Waals surface area contributed by atoms with Crippen molar-refractivity contribution in [2.75, 3.05) is 18.1 Å². The van der Waals surface area contributed by atoms with Crippen molar-refractivity contribution in [3.05, 3.63) is 72.4 Å². The summed E-state index contributed by atoms with van der Waals surface area (Å²) in [5.74, 6) is 0.951. The van der Waals surface area contributed by atoms with E-state index in [2.05, 4.69) is 41.4 Å². The zero-order valence-corrected chi connectivity index (χ0v) is 20.5. The molecule has 1 aliphatic heterocycles. The highest BCUT2D eigenvalue weighted by molar-refractivity contribution is 7.99. The summed E-state index contributed by atoms with van der Waals surface area (Å²) in [6, 6.07) is 16.7. The first-order valence-electron chi connectivity index (χ1n) is 12.1. The minimum Gasteiger partial charge on any atom is -0.481 e. The van der Waals surface area contributed by atoms with Crippen LogP contribution in [0.5, 0.6) is 0 Å². The monoisotopic (exact) mass is 492 g/mol. The molecule has 0 radical (unpaired) electrons. The summed E-state index contributed by atoms with van der Waals surface area (Å²) in [5.41, 5.74) is 4.44. The van der Waals surface area contributed by atoms with E-state index < -0.39 is 12.1 Å². The summed E-state index contributed by atoms with van der Waals surface area (Å²) >= 11 is 1.68. The molecular weight excluding hydrogens is 460 g/mol. The number of carbonyl (C=O) groups excluding carboxylic acids is 1. The minimum absolute atomic E-state index is 0.0104. The summed E-state index contributed by atoms with van der Waals surface area (Å²) in [7, 11) is 0. The number of benzene rings is 2. The molecule has 184 valence electrons. The van der Waals surface area contributed by atoms with Gasteiger partial charge in [0.2, 0.25) is 5.91 Å². The van der Waals surface area contributed by atoms with Crippen LogP contribution in [0.1, 0.15) is 31.2 Å². The number of hydrogen-bond acceptors (Lipinski definition) is 4. The van der Waals surface area contributed by atoms with Gasteiger partial charge in [-0.15, -0.1) is 0 Å². The summed E-state index contributed by atoms with van der Waals surface area (Å²) in [6.45, 7) is 0.648. The number of rotatable bonds is 12. The second kappa shape index (κ2) is 12.1. The van der Waals surface area contributed by atoms with Crippen LogP contribution in [0.4, 0.5) is 0 Å². The van der Waals surface area contributed by atoms with Crippen LogP contribution in [0, 0.1) is 0 Å². The molecule has 2 aromatic carbocycles. The lowest BCUT2D eigenvalue weighted by Crippen LogP contribution is -2.34. The van der Waals surface area contributed by atoms with Gasteiger partial charge in [-0.2, -0.15) is 11.8 Å². The van der Waals surface area contributed by atoms with Crippen molar-refractivity contribution < 1.29 is 19.8 Å². The van der Waals surface area contributed by atoms with Crippen LogP contribution in [0.15, 0.2) is 66.9 Å². The van der Waals surface area contributed by atoms with Gasteiger partial charge < -0.3 is 20.1 Å². The molecule has 0 bridgehead atoms. The van der Waals surface area contributed by atoms with E-state index in [-0.39, 0.29) is 18.4 Å². The van der Waals surface area contributed by atoms with Crippen molar-refractivity contribution in [2.24, 2.45) is 0 Å². The second-order valence-electron chi connectivity index (χ2n) is 8.94. The fraction of sp³-hybridized carbons (Fsp3) is 0.357. The number of aliphatic hydroxyl groups is 1. The molecule has 0 saturated carbocycles. The van der Waals surface area contributed by atoms with Crippen molar-refractivity contribution in [1.82, 2.24) is 9.88 Å². The highest BCUT2D eigenvalue weighted by atomic mass is 32.2. The Morgan fingerprint density at radius 1 is 1.17 bits per heavy atom. The standard InChI is InChI=1S/C28H32N2O4S/c31-25(9-7-24-8-11-27(32)30(24)14-16-35-15-2-5-28(33)34)18-20-3-1-4-21(17-20)22-6-10-26-23(19-22)12-13-29-26/h1,3-4,6-7,9-10,12-13,17,19,24-25,29,31H,2,5,8,11,14-16,18H2,(H,33,34)/b9-7+/t24-,25+/m0/s1. The summed E-state index contributed by atoms with van der Waals surface area (Å²) in [6.07, 6.45) is 7.73. The van der Waals surface area contributed by atoms with Gasteiger partial charge in [-0.3, -0.25) is 9.59 Å². The van der Waals surface area contributed by atoms with Gasteiger partial charge in [-0.1, -0.05) is 42.5 Å². The smallest absolute Gasteiger partial charge is 0.303 e. The Kier molecular flexibility index (Phi) is 8.66. The van der Waals surface area contributed by atoms with Crippen LogP contribution in [0.2, 0.25) is 0 Å². The Balaban J connectivity index is 1.30. The Morgan fingerprint density at radius 3 is 2.89 bits per heavy atom. The molecule has 2 atom stereocenters. The van der Waals surface area contributed by atoms with Crippen LogP contribution in [-0.2, 0) is 16.0 Å². The van der Waals surface area contributed by atoms with Gasteiger partial charge in [0.25, 0.3) is 0 Å². The molecule has 1 amide bonds. The molecule has 0 spiro atoms. The fourth-order valence-electron chi connectivity index (χ4n) is 4.51. The number of aliphatic carboxylic acids is 1. The molecule has 3 aromatic rings. The topological polar surface area (TPSA) is 93.6 Å². The zero-order chi connectivity index (χ0) is 24.6. The minimum atomic E-state index is -0.769. The van der Waals surface area contributed by atoms with Crippen molar-refractivity contribution in [1.29, 1.82) is 0 Å². The number of nitrogens with one attached hydrogen (secondary N) is 1. The lowest BCUT2D eigenvalue weighted by atomic mass is 9.99. The lowest BCUT2D eigenvalue weighted by Gasteiger charge is -2.22. The number of nitrogens with zero attached hydrogens (tertiary/aromatic N) is 1. The number of fused-ring (bicyclic) bond motifs is 1. The summed E-state index contributed by atoms with van der Waals surface area (Å²) in [4.78, 5) is 28.0. The maximum Gasteiger partial charge on any atom is 0.303 e. The first kappa shape index (κ1) is 25.1. The van der Waals surface area contributed by atoms with Crippen molar-refractivity contribution in [3.8, 4) is 11.1 Å². The first-order valence-corrected chi connectivity index (χ1v) is 13.3. The fourth-order valence-corrected chi connectivity index (χ4v) is 5.39. The van der Waals surface area contributed by atoms with E-state index in [1.807, 2.05) is 35.4 Å². The number of thioether (sulfide) groups is 1. The van der Waals surface area contributed by atoms with Crippen molar-refractivity contribution in [2.45, 2.75) is 44.2 Å². The molecule has 7 heteroatoms. The van der Waals surface area contributed by atoms with E-state index in [1.165, 1.54) is 5.39 Å². The third kappa shape index (κ3) is 6.99. The van der Waals surface area contributed by atoms with Crippen LogP contribution in [0.25, 0.3) is 22.0 Å². The van der Waals surface area contributed by atoms with Crippen molar-refractivity contribution >= 4 is 34.5 Å². The Labute approximate surface area is 210 Å². The molecule has 1 aliphatic rings. The molecule has 1 aromatic heterocycles. The molecule has 0 unspecified atom stereocenters. The molecule has 6 nitrogen and oxygen atoms in total.